The van der Waals surface area contributed by atoms with E-state index in [2.05, 4.69) is 76.2 Å². The van der Waals surface area contributed by atoms with Crippen molar-refractivity contribution in [3.8, 4) is 22.8 Å². The first-order chi connectivity index (χ1) is 28.1. The van der Waals surface area contributed by atoms with Crippen LogP contribution in [0.4, 0.5) is 0 Å². The molecular formula is C52H74N4O. The van der Waals surface area contributed by atoms with Crippen LogP contribution in [0.2, 0.25) is 0 Å². The molecule has 6 rings (SSSR count). The summed E-state index contributed by atoms with van der Waals surface area (Å²) < 4.78 is 7.69. The molecule has 0 saturated heterocycles. The van der Waals surface area contributed by atoms with E-state index in [9.17, 15) is 0 Å². The van der Waals surface area contributed by atoms with Crippen LogP contribution in [0.25, 0.3) is 22.8 Å². The lowest BCUT2D eigenvalue weighted by atomic mass is 9.74. The molecule has 2 aromatic heterocycles. The molecule has 2 unspecified atom stereocenters. The lowest BCUT2D eigenvalue weighted by Gasteiger charge is -2.40. The van der Waals surface area contributed by atoms with Gasteiger partial charge in [-0.05, 0) is 97.3 Å². The van der Waals surface area contributed by atoms with Crippen molar-refractivity contribution >= 4 is 0 Å². The second-order valence-electron chi connectivity index (χ2n) is 17.8. The molecule has 0 bridgehead atoms. The van der Waals surface area contributed by atoms with Crippen molar-refractivity contribution in [2.24, 2.45) is 23.7 Å². The first-order valence-corrected chi connectivity index (χ1v) is 23.6. The third kappa shape index (κ3) is 12.8. The van der Waals surface area contributed by atoms with Crippen molar-refractivity contribution in [3.05, 3.63) is 95.6 Å². The summed E-state index contributed by atoms with van der Waals surface area (Å²) in [4.78, 5) is 19.2. The van der Waals surface area contributed by atoms with Crippen LogP contribution in [0.5, 0.6) is 0 Å². The molecule has 2 heterocycles. The van der Waals surface area contributed by atoms with E-state index in [1.165, 1.54) is 151 Å². The maximum absolute atomic E-state index is 7.69. The summed E-state index contributed by atoms with van der Waals surface area (Å²) in [6.07, 6.45) is 36.0. The Morgan fingerprint density at radius 3 is 1.14 bits per heavy atom. The number of aromatic nitrogens is 4. The van der Waals surface area contributed by atoms with Crippen LogP contribution in [-0.2, 0) is 17.6 Å². The third-order valence-corrected chi connectivity index (χ3v) is 13.4. The minimum Gasteiger partial charge on any atom is -0.365 e. The van der Waals surface area contributed by atoms with Crippen molar-refractivity contribution < 1.29 is 4.74 Å². The Bertz CT molecular complexity index is 1540. The average molecular weight is 771 g/mol. The van der Waals surface area contributed by atoms with Crippen LogP contribution in [0.3, 0.4) is 0 Å². The lowest BCUT2D eigenvalue weighted by molar-refractivity contribution is -0.0907. The molecule has 0 radical (unpaired) electrons. The van der Waals surface area contributed by atoms with Crippen LogP contribution >= 0.6 is 0 Å². The molecule has 2 aliphatic carbocycles. The molecule has 57 heavy (non-hydrogen) atoms. The van der Waals surface area contributed by atoms with Gasteiger partial charge in [-0.2, -0.15) is 0 Å². The van der Waals surface area contributed by atoms with Crippen LogP contribution < -0.4 is 0 Å². The van der Waals surface area contributed by atoms with Gasteiger partial charge in [0.15, 0.2) is 11.6 Å². The lowest BCUT2D eigenvalue weighted by Crippen LogP contribution is -2.28. The van der Waals surface area contributed by atoms with Crippen molar-refractivity contribution in [3.63, 3.8) is 0 Å². The van der Waals surface area contributed by atoms with Gasteiger partial charge in [0, 0.05) is 35.9 Å². The van der Waals surface area contributed by atoms with Crippen molar-refractivity contribution in [2.75, 3.05) is 0 Å². The van der Waals surface area contributed by atoms with E-state index in [0.29, 0.717) is 11.8 Å². The number of nitrogens with zero attached hydrogens (tertiary/aromatic N) is 4. The topological polar surface area (TPSA) is 60.8 Å². The van der Waals surface area contributed by atoms with E-state index in [1.54, 1.807) is 0 Å². The number of rotatable bonds is 22. The summed E-state index contributed by atoms with van der Waals surface area (Å²) in [6, 6.07) is 18.3. The van der Waals surface area contributed by atoms with Gasteiger partial charge in [-0.1, -0.05) is 166 Å². The van der Waals surface area contributed by atoms with E-state index in [1.807, 2.05) is 24.8 Å². The summed E-state index contributed by atoms with van der Waals surface area (Å²) in [5.74, 6) is 4.37. The zero-order valence-corrected chi connectivity index (χ0v) is 36.1. The van der Waals surface area contributed by atoms with E-state index >= 15 is 0 Å². The highest BCUT2D eigenvalue weighted by Crippen LogP contribution is 2.47. The van der Waals surface area contributed by atoms with Gasteiger partial charge in [-0.3, -0.25) is 0 Å². The third-order valence-electron chi connectivity index (χ3n) is 13.4. The first-order valence-electron chi connectivity index (χ1n) is 23.6. The quantitative estimate of drug-likeness (QED) is 0.0745. The molecule has 2 aliphatic rings. The van der Waals surface area contributed by atoms with E-state index in [-0.39, 0.29) is 12.2 Å². The number of hydrogen-bond acceptors (Lipinski definition) is 5. The average Bonchev–Trinajstić information content (AvgIpc) is 3.27. The molecule has 4 aromatic rings. The van der Waals surface area contributed by atoms with Gasteiger partial charge >= 0.3 is 0 Å². The number of unbranched alkanes of at least 4 members (excludes halogenated alkanes) is 6. The second kappa shape index (κ2) is 23.2. The van der Waals surface area contributed by atoms with Gasteiger partial charge in [0.25, 0.3) is 0 Å². The van der Waals surface area contributed by atoms with Gasteiger partial charge in [-0.25, -0.2) is 19.9 Å². The molecule has 0 aliphatic heterocycles. The molecule has 308 valence electrons. The molecule has 0 N–H and O–H groups in total. The Labute approximate surface area is 346 Å². The molecule has 0 amide bonds. The Morgan fingerprint density at radius 1 is 0.456 bits per heavy atom. The minimum absolute atomic E-state index is 0.0547. The smallest absolute Gasteiger partial charge is 0.159 e. The van der Waals surface area contributed by atoms with Gasteiger partial charge < -0.3 is 4.74 Å². The molecule has 2 saturated carbocycles. The van der Waals surface area contributed by atoms with Crippen LogP contribution in [0.15, 0.2) is 73.3 Å². The minimum atomic E-state index is 0.0547. The number of ether oxygens (including phenoxy) is 1. The molecule has 2 atom stereocenters. The molecule has 5 heteroatoms. The Kier molecular flexibility index (Phi) is 17.6. The number of benzene rings is 2. The summed E-state index contributed by atoms with van der Waals surface area (Å²) >= 11 is 0. The molecule has 0 spiro atoms. The van der Waals surface area contributed by atoms with E-state index < -0.39 is 0 Å². The monoisotopic (exact) mass is 771 g/mol. The summed E-state index contributed by atoms with van der Waals surface area (Å²) in [6.45, 7) is 9.15. The van der Waals surface area contributed by atoms with Crippen molar-refractivity contribution in [1.29, 1.82) is 0 Å². The molecule has 2 aromatic carbocycles. The number of aryl methyl sites for hydroxylation is 2. The Hall–Kier alpha value is -3.44. The highest BCUT2D eigenvalue weighted by atomic mass is 16.5. The highest BCUT2D eigenvalue weighted by Gasteiger charge is 2.36. The van der Waals surface area contributed by atoms with Gasteiger partial charge in [0.2, 0.25) is 0 Å². The second-order valence-corrected chi connectivity index (χ2v) is 17.8. The summed E-state index contributed by atoms with van der Waals surface area (Å²) in [7, 11) is 0. The van der Waals surface area contributed by atoms with Gasteiger partial charge in [-0.15, -0.1) is 0 Å². The predicted octanol–water partition coefficient (Wildman–Crippen LogP) is 14.9. The summed E-state index contributed by atoms with van der Waals surface area (Å²) in [5.41, 5.74) is 7.22. The normalized spacial score (nSPS) is 21.0. The maximum Gasteiger partial charge on any atom is 0.159 e. The van der Waals surface area contributed by atoms with E-state index in [0.717, 1.165) is 47.5 Å². The van der Waals surface area contributed by atoms with Crippen LogP contribution in [-0.4, -0.2) is 19.9 Å². The Morgan fingerprint density at radius 2 is 0.807 bits per heavy atom. The number of hydrogen-bond donors (Lipinski definition) is 0. The fraction of sp³-hybridized carbons (Fsp3) is 0.615. The maximum atomic E-state index is 7.69. The zero-order chi connectivity index (χ0) is 39.7. The zero-order valence-electron chi connectivity index (χ0n) is 36.1. The Balaban J connectivity index is 1.25. The highest BCUT2D eigenvalue weighted by molar-refractivity contribution is 5.56. The van der Waals surface area contributed by atoms with Crippen molar-refractivity contribution in [2.45, 2.75) is 181 Å². The summed E-state index contributed by atoms with van der Waals surface area (Å²) in [5, 5.41) is 0. The van der Waals surface area contributed by atoms with Crippen LogP contribution in [0, 0.1) is 23.7 Å². The fourth-order valence-corrected chi connectivity index (χ4v) is 9.69. The van der Waals surface area contributed by atoms with Crippen LogP contribution in [0.1, 0.15) is 191 Å². The standard InChI is InChI=1S/C52H74N4O/c1-5-9-13-17-41-35-53-51(54-36-41)47-31-27-45(28-32-47)49(43-23-19-39(20-24-43)15-11-7-3)57-50(44-25-21-40(22-26-44)16-12-8-4)46-29-33-48(34-30-46)52-55-37-42(38-56-52)18-14-10-6-2/h27-40,43-44,49-50H,5-26H2,1-4H3/t39-,40-,43-,44-,49?,50?. The van der Waals surface area contributed by atoms with Gasteiger partial charge in [0.1, 0.15) is 0 Å². The SMILES string of the molecule is CCCCCc1cnc(-c2ccc(C(OC(c3ccc(-c4ncc(CCCCC)cn4)cc3)[C@H]3CC[C@H](CCCC)CC3)[C@H]3CC[C@H](CCCC)CC3)cc2)nc1. The predicted molar refractivity (Wildman–Crippen MR) is 238 cm³/mol. The van der Waals surface area contributed by atoms with Gasteiger partial charge in [0.05, 0.1) is 12.2 Å². The molecular weight excluding hydrogens is 697 g/mol. The molecule has 5 nitrogen and oxygen atoms in total. The fourth-order valence-electron chi connectivity index (χ4n) is 9.69. The first kappa shape index (κ1) is 43.1. The largest absolute Gasteiger partial charge is 0.365 e. The molecule has 2 fully saturated rings. The van der Waals surface area contributed by atoms with Crippen molar-refractivity contribution in [1.82, 2.24) is 19.9 Å². The van der Waals surface area contributed by atoms with E-state index in [4.69, 9.17) is 24.7 Å².